The fourth-order valence-corrected chi connectivity index (χ4v) is 5.95. The van der Waals surface area contributed by atoms with Gasteiger partial charge in [0.15, 0.2) is 0 Å². The topological polar surface area (TPSA) is 52.6 Å². The molecule has 8 atom stereocenters. The quantitative estimate of drug-likeness (QED) is 0.437. The third-order valence-electron chi connectivity index (χ3n) is 6.37. The molecule has 108 valence electrons. The Morgan fingerprint density at radius 3 is 1.70 bits per heavy atom. The first-order valence-corrected chi connectivity index (χ1v) is 7.51. The van der Waals surface area contributed by atoms with E-state index in [1.54, 1.807) is 0 Å². The van der Waals surface area contributed by atoms with E-state index in [1.165, 1.54) is 20.6 Å². The van der Waals surface area contributed by atoms with Crippen molar-refractivity contribution in [3.8, 4) is 0 Å². The van der Waals surface area contributed by atoms with E-state index in [1.807, 2.05) is 0 Å². The Hall–Kier alpha value is -1.32. The highest BCUT2D eigenvalue weighted by Crippen LogP contribution is 2.68. The van der Waals surface area contributed by atoms with E-state index in [2.05, 4.69) is 12.2 Å². The van der Waals surface area contributed by atoms with Crippen LogP contribution in [0.15, 0.2) is 12.2 Å². The van der Waals surface area contributed by atoms with E-state index in [0.29, 0.717) is 35.5 Å². The van der Waals surface area contributed by atoms with Gasteiger partial charge in [0.2, 0.25) is 0 Å². The Labute approximate surface area is 118 Å². The summed E-state index contributed by atoms with van der Waals surface area (Å²) < 4.78 is 9.95. The highest BCUT2D eigenvalue weighted by atomic mass is 16.5. The fraction of sp³-hybridized carbons (Fsp3) is 0.750. The Balaban J connectivity index is 1.72. The first-order chi connectivity index (χ1) is 9.67. The molecular weight excluding hydrogens is 256 g/mol. The molecule has 4 heteroatoms. The van der Waals surface area contributed by atoms with Crippen LogP contribution in [0.4, 0.5) is 0 Å². The van der Waals surface area contributed by atoms with E-state index in [-0.39, 0.29) is 23.8 Å². The van der Waals surface area contributed by atoms with Gasteiger partial charge < -0.3 is 9.47 Å². The van der Waals surface area contributed by atoms with Crippen LogP contribution >= 0.6 is 0 Å². The molecule has 0 heterocycles. The van der Waals surface area contributed by atoms with Gasteiger partial charge in [-0.25, -0.2) is 0 Å². The van der Waals surface area contributed by atoms with Gasteiger partial charge in [-0.1, -0.05) is 12.2 Å². The van der Waals surface area contributed by atoms with Gasteiger partial charge in [0, 0.05) is 0 Å². The molecule has 0 spiro atoms. The van der Waals surface area contributed by atoms with Crippen molar-refractivity contribution in [1.82, 2.24) is 0 Å². The van der Waals surface area contributed by atoms with Crippen molar-refractivity contribution in [2.45, 2.75) is 12.8 Å². The van der Waals surface area contributed by atoms with E-state index < -0.39 is 0 Å². The van der Waals surface area contributed by atoms with Crippen LogP contribution in [0.3, 0.4) is 0 Å². The SMILES string of the molecule is COC(=O)C1C2CC(C1C(=O)OC)C1C3C=CC(C3)C21. The minimum absolute atomic E-state index is 0.224. The molecule has 0 aliphatic heterocycles. The molecule has 0 radical (unpaired) electrons. The minimum atomic E-state index is -0.286. The van der Waals surface area contributed by atoms with Gasteiger partial charge in [-0.2, -0.15) is 0 Å². The van der Waals surface area contributed by atoms with Crippen molar-refractivity contribution < 1.29 is 19.1 Å². The van der Waals surface area contributed by atoms with Crippen LogP contribution in [0.1, 0.15) is 12.8 Å². The zero-order valence-electron chi connectivity index (χ0n) is 11.8. The normalized spacial score (nSPS) is 50.3. The number of hydrogen-bond donors (Lipinski definition) is 0. The Morgan fingerprint density at radius 2 is 1.30 bits per heavy atom. The van der Waals surface area contributed by atoms with Crippen LogP contribution < -0.4 is 0 Å². The Kier molecular flexibility index (Phi) is 2.54. The number of carbonyl (C=O) groups is 2. The summed E-state index contributed by atoms with van der Waals surface area (Å²) in [5, 5.41) is 0. The smallest absolute Gasteiger partial charge is 0.309 e. The Bertz CT molecular complexity index is 455. The lowest BCUT2D eigenvalue weighted by Gasteiger charge is -2.39. The van der Waals surface area contributed by atoms with Crippen LogP contribution in [0.2, 0.25) is 0 Å². The standard InChI is InChI=1S/C16H20O4/c1-19-15(17)13-9-6-10(14(13)16(18)20-2)12-8-4-3-7(5-8)11(9)12/h3-4,7-14H,5-6H2,1-2H3. The molecule has 0 aromatic carbocycles. The number of ether oxygens (including phenoxy) is 2. The summed E-state index contributed by atoms with van der Waals surface area (Å²) in [6.45, 7) is 0. The van der Waals surface area contributed by atoms with Gasteiger partial charge in [-0.05, 0) is 48.3 Å². The van der Waals surface area contributed by atoms with Crippen molar-refractivity contribution in [2.24, 2.45) is 47.3 Å². The second kappa shape index (κ2) is 4.09. The number of rotatable bonds is 2. The molecule has 4 bridgehead atoms. The maximum Gasteiger partial charge on any atom is 0.309 e. The molecule has 20 heavy (non-hydrogen) atoms. The molecule has 4 aliphatic carbocycles. The summed E-state index contributed by atoms with van der Waals surface area (Å²) in [6.07, 6.45) is 6.86. The summed E-state index contributed by atoms with van der Waals surface area (Å²) >= 11 is 0. The van der Waals surface area contributed by atoms with Crippen LogP contribution in [-0.4, -0.2) is 26.2 Å². The van der Waals surface area contributed by atoms with Gasteiger partial charge in [0.1, 0.15) is 0 Å². The molecule has 0 aromatic rings. The van der Waals surface area contributed by atoms with E-state index in [9.17, 15) is 9.59 Å². The number of fused-ring (bicyclic) bond motifs is 9. The number of esters is 2. The molecule has 3 saturated carbocycles. The molecule has 0 N–H and O–H groups in total. The molecule has 0 aromatic heterocycles. The summed E-state index contributed by atoms with van der Waals surface area (Å²) in [5.74, 6) is 1.99. The van der Waals surface area contributed by atoms with Gasteiger partial charge in [-0.3, -0.25) is 9.59 Å². The first-order valence-electron chi connectivity index (χ1n) is 7.51. The Morgan fingerprint density at radius 1 is 0.850 bits per heavy atom. The summed E-state index contributed by atoms with van der Waals surface area (Å²) in [5.41, 5.74) is 0. The number of methoxy groups -OCH3 is 2. The first kappa shape index (κ1) is 12.4. The monoisotopic (exact) mass is 276 g/mol. The zero-order valence-corrected chi connectivity index (χ0v) is 11.8. The molecule has 0 saturated heterocycles. The van der Waals surface area contributed by atoms with E-state index in [0.717, 1.165) is 6.42 Å². The van der Waals surface area contributed by atoms with E-state index in [4.69, 9.17) is 9.47 Å². The number of hydrogen-bond acceptors (Lipinski definition) is 4. The van der Waals surface area contributed by atoms with Crippen LogP contribution in [0.5, 0.6) is 0 Å². The van der Waals surface area contributed by atoms with Crippen molar-refractivity contribution in [3.63, 3.8) is 0 Å². The van der Waals surface area contributed by atoms with Crippen LogP contribution in [0, 0.1) is 47.3 Å². The van der Waals surface area contributed by atoms with Crippen molar-refractivity contribution in [2.75, 3.05) is 14.2 Å². The number of carbonyl (C=O) groups excluding carboxylic acids is 2. The maximum absolute atomic E-state index is 12.2. The van der Waals surface area contributed by atoms with Crippen molar-refractivity contribution in [1.29, 1.82) is 0 Å². The van der Waals surface area contributed by atoms with Gasteiger partial charge in [0.05, 0.1) is 26.1 Å². The highest BCUT2D eigenvalue weighted by Gasteiger charge is 2.68. The summed E-state index contributed by atoms with van der Waals surface area (Å²) in [4.78, 5) is 24.4. The third-order valence-corrected chi connectivity index (χ3v) is 6.37. The average Bonchev–Trinajstić information content (AvgIpc) is 3.20. The molecule has 8 unspecified atom stereocenters. The lowest BCUT2D eigenvalue weighted by molar-refractivity contribution is -0.163. The predicted octanol–water partition coefficient (Wildman–Crippen LogP) is 1.65. The highest BCUT2D eigenvalue weighted by molar-refractivity contribution is 5.84. The lowest BCUT2D eigenvalue weighted by Crippen LogP contribution is -2.44. The molecular formula is C16H20O4. The second-order valence-corrected chi connectivity index (χ2v) is 6.76. The lowest BCUT2D eigenvalue weighted by atomic mass is 9.65. The maximum atomic E-state index is 12.2. The summed E-state index contributed by atoms with van der Waals surface area (Å²) in [6, 6.07) is 0. The van der Waals surface area contributed by atoms with Gasteiger partial charge in [0.25, 0.3) is 0 Å². The van der Waals surface area contributed by atoms with Crippen molar-refractivity contribution in [3.05, 3.63) is 12.2 Å². The average molecular weight is 276 g/mol. The molecule has 3 fully saturated rings. The summed E-state index contributed by atoms with van der Waals surface area (Å²) in [7, 11) is 2.84. The molecule has 4 nitrogen and oxygen atoms in total. The largest absolute Gasteiger partial charge is 0.469 e. The van der Waals surface area contributed by atoms with Crippen LogP contribution in [0.25, 0.3) is 0 Å². The molecule has 4 rings (SSSR count). The third kappa shape index (κ3) is 1.32. The fourth-order valence-electron chi connectivity index (χ4n) is 5.95. The number of allylic oxidation sites excluding steroid dienone is 2. The van der Waals surface area contributed by atoms with Gasteiger partial charge >= 0.3 is 11.9 Å². The molecule has 4 aliphatic rings. The predicted molar refractivity (Wildman–Crippen MR) is 70.3 cm³/mol. The van der Waals surface area contributed by atoms with Crippen LogP contribution in [-0.2, 0) is 19.1 Å². The molecule has 0 amide bonds. The minimum Gasteiger partial charge on any atom is -0.469 e. The second-order valence-electron chi connectivity index (χ2n) is 6.76. The van der Waals surface area contributed by atoms with E-state index >= 15 is 0 Å². The van der Waals surface area contributed by atoms with Gasteiger partial charge in [-0.15, -0.1) is 0 Å². The van der Waals surface area contributed by atoms with Crippen molar-refractivity contribution >= 4 is 11.9 Å². The zero-order chi connectivity index (χ0) is 14.0.